The molecular weight excluding hydrogens is 215 g/mol. The topological polar surface area (TPSA) is 29.3 Å². The average molecular weight is 238 g/mol. The highest BCUT2D eigenvalue weighted by molar-refractivity contribution is 5.19. The summed E-state index contributed by atoms with van der Waals surface area (Å²) < 4.78 is 12.8. The lowest BCUT2D eigenvalue weighted by molar-refractivity contribution is 0.258. The molecule has 0 aromatic heterocycles. The summed E-state index contributed by atoms with van der Waals surface area (Å²) in [6, 6.07) is 6.46. The molecule has 0 saturated carbocycles. The summed E-state index contributed by atoms with van der Waals surface area (Å²) in [5, 5.41) is 0. The third-order valence-corrected chi connectivity index (χ3v) is 2.83. The molecule has 0 radical (unpaired) electrons. The van der Waals surface area contributed by atoms with Crippen molar-refractivity contribution in [1.29, 1.82) is 0 Å². The van der Waals surface area contributed by atoms with Gasteiger partial charge in [-0.25, -0.2) is 4.39 Å². The van der Waals surface area contributed by atoms with E-state index < -0.39 is 0 Å². The second kappa shape index (κ2) is 7.41. The molecule has 1 unspecified atom stereocenters. The van der Waals surface area contributed by atoms with Crippen LogP contribution >= 0.6 is 0 Å². The van der Waals surface area contributed by atoms with Gasteiger partial charge in [-0.2, -0.15) is 0 Å². The largest absolute Gasteiger partial charge is 0.323 e. The van der Waals surface area contributed by atoms with Crippen LogP contribution < -0.4 is 5.73 Å². The van der Waals surface area contributed by atoms with Crippen LogP contribution in [0.5, 0.6) is 0 Å². The Hall–Kier alpha value is -0.930. The number of rotatable bonds is 7. The summed E-state index contributed by atoms with van der Waals surface area (Å²) in [6.45, 7) is 7.33. The molecule has 1 aromatic carbocycles. The lowest BCUT2D eigenvalue weighted by Gasteiger charge is -2.24. The van der Waals surface area contributed by atoms with Crippen LogP contribution in [-0.4, -0.2) is 24.5 Å². The van der Waals surface area contributed by atoms with E-state index in [2.05, 4.69) is 18.7 Å². The van der Waals surface area contributed by atoms with Gasteiger partial charge in [-0.1, -0.05) is 26.0 Å². The Bertz CT molecular complexity index is 305. The molecule has 17 heavy (non-hydrogen) atoms. The first-order valence-electron chi connectivity index (χ1n) is 6.40. The highest BCUT2D eigenvalue weighted by atomic mass is 19.1. The summed E-state index contributed by atoms with van der Waals surface area (Å²) in [5.74, 6) is -0.208. The zero-order valence-corrected chi connectivity index (χ0v) is 10.8. The summed E-state index contributed by atoms with van der Waals surface area (Å²) >= 11 is 0. The molecule has 96 valence electrons. The smallest absolute Gasteiger partial charge is 0.123 e. The Balaban J connectivity index is 2.56. The van der Waals surface area contributed by atoms with Crippen LogP contribution in [0.3, 0.4) is 0 Å². The maximum Gasteiger partial charge on any atom is 0.123 e. The van der Waals surface area contributed by atoms with Crippen molar-refractivity contribution in [3.05, 3.63) is 35.6 Å². The van der Waals surface area contributed by atoms with E-state index in [0.717, 1.165) is 38.0 Å². The number of hydrogen-bond donors (Lipinski definition) is 1. The fraction of sp³-hybridized carbons (Fsp3) is 0.571. The molecule has 0 saturated heterocycles. The molecule has 1 rings (SSSR count). The fourth-order valence-corrected chi connectivity index (χ4v) is 2.02. The van der Waals surface area contributed by atoms with E-state index in [0.29, 0.717) is 0 Å². The minimum absolute atomic E-state index is 0.0336. The van der Waals surface area contributed by atoms with Crippen molar-refractivity contribution < 1.29 is 4.39 Å². The molecule has 0 aliphatic carbocycles. The van der Waals surface area contributed by atoms with Crippen LogP contribution in [0.15, 0.2) is 24.3 Å². The van der Waals surface area contributed by atoms with Gasteiger partial charge >= 0.3 is 0 Å². The van der Waals surface area contributed by atoms with Crippen molar-refractivity contribution in [2.24, 2.45) is 5.73 Å². The number of halogens is 1. The van der Waals surface area contributed by atoms with Gasteiger partial charge in [0.05, 0.1) is 0 Å². The predicted octanol–water partition coefficient (Wildman–Crippen LogP) is 2.95. The molecule has 0 spiro atoms. The first-order valence-corrected chi connectivity index (χ1v) is 6.40. The van der Waals surface area contributed by atoms with Gasteiger partial charge < -0.3 is 10.6 Å². The Morgan fingerprint density at radius 1 is 1.12 bits per heavy atom. The first kappa shape index (κ1) is 14.1. The molecule has 1 aromatic rings. The first-order chi connectivity index (χ1) is 8.17. The predicted molar refractivity (Wildman–Crippen MR) is 70.4 cm³/mol. The summed E-state index contributed by atoms with van der Waals surface area (Å²) in [4.78, 5) is 2.37. The monoisotopic (exact) mass is 238 g/mol. The van der Waals surface area contributed by atoms with Crippen LogP contribution in [0.2, 0.25) is 0 Å². The van der Waals surface area contributed by atoms with Gasteiger partial charge in [-0.05, 0) is 43.6 Å². The zero-order chi connectivity index (χ0) is 12.7. The Kier molecular flexibility index (Phi) is 6.16. The van der Waals surface area contributed by atoms with Crippen molar-refractivity contribution in [3.8, 4) is 0 Å². The molecule has 0 aliphatic rings. The number of nitrogens with two attached hydrogens (primary N) is 1. The van der Waals surface area contributed by atoms with Crippen molar-refractivity contribution in [1.82, 2.24) is 4.90 Å². The SMILES string of the molecule is CCCN(CCC)CC(N)c1ccc(F)cc1. The van der Waals surface area contributed by atoms with Gasteiger partial charge in [0.1, 0.15) is 5.82 Å². The second-order valence-corrected chi connectivity index (χ2v) is 4.46. The van der Waals surface area contributed by atoms with Crippen molar-refractivity contribution in [2.45, 2.75) is 32.7 Å². The second-order valence-electron chi connectivity index (χ2n) is 4.46. The van der Waals surface area contributed by atoms with E-state index in [1.807, 2.05) is 0 Å². The van der Waals surface area contributed by atoms with Crippen molar-refractivity contribution in [3.63, 3.8) is 0 Å². The van der Waals surface area contributed by atoms with Crippen LogP contribution in [0.25, 0.3) is 0 Å². The number of benzene rings is 1. The molecule has 2 N–H and O–H groups in total. The molecule has 0 bridgehead atoms. The quantitative estimate of drug-likeness (QED) is 0.791. The van der Waals surface area contributed by atoms with Crippen molar-refractivity contribution in [2.75, 3.05) is 19.6 Å². The highest BCUT2D eigenvalue weighted by Crippen LogP contribution is 2.13. The third kappa shape index (κ3) is 4.84. The zero-order valence-electron chi connectivity index (χ0n) is 10.8. The van der Waals surface area contributed by atoms with E-state index in [4.69, 9.17) is 5.73 Å². The van der Waals surface area contributed by atoms with Crippen molar-refractivity contribution >= 4 is 0 Å². The minimum atomic E-state index is -0.208. The van der Waals surface area contributed by atoms with E-state index in [1.165, 1.54) is 12.1 Å². The fourth-order valence-electron chi connectivity index (χ4n) is 2.02. The molecule has 3 heteroatoms. The van der Waals surface area contributed by atoms with Crippen LogP contribution in [-0.2, 0) is 0 Å². The molecular formula is C14H23FN2. The molecule has 0 amide bonds. The number of hydrogen-bond acceptors (Lipinski definition) is 2. The van der Waals surface area contributed by atoms with Gasteiger partial charge in [-0.3, -0.25) is 0 Å². The minimum Gasteiger partial charge on any atom is -0.323 e. The van der Waals surface area contributed by atoms with E-state index >= 15 is 0 Å². The van der Waals surface area contributed by atoms with Gasteiger partial charge in [0.15, 0.2) is 0 Å². The summed E-state index contributed by atoms with van der Waals surface area (Å²) in [7, 11) is 0. The van der Waals surface area contributed by atoms with Crippen LogP contribution in [0.4, 0.5) is 4.39 Å². The number of nitrogens with zero attached hydrogens (tertiary/aromatic N) is 1. The standard InChI is InChI=1S/C14H23FN2/c1-3-9-17(10-4-2)11-14(16)12-5-7-13(15)8-6-12/h5-8,14H,3-4,9-11,16H2,1-2H3. The lowest BCUT2D eigenvalue weighted by Crippen LogP contribution is -2.33. The average Bonchev–Trinajstić information content (AvgIpc) is 2.30. The van der Waals surface area contributed by atoms with Crippen LogP contribution in [0, 0.1) is 5.82 Å². The molecule has 0 aliphatic heterocycles. The Labute approximate surface area is 104 Å². The molecule has 0 heterocycles. The maximum absolute atomic E-state index is 12.8. The van der Waals surface area contributed by atoms with Crippen LogP contribution in [0.1, 0.15) is 38.3 Å². The van der Waals surface area contributed by atoms with E-state index in [-0.39, 0.29) is 11.9 Å². The van der Waals surface area contributed by atoms with E-state index in [1.54, 1.807) is 12.1 Å². The highest BCUT2D eigenvalue weighted by Gasteiger charge is 2.11. The van der Waals surface area contributed by atoms with Gasteiger partial charge in [0.2, 0.25) is 0 Å². The Morgan fingerprint density at radius 3 is 2.12 bits per heavy atom. The lowest BCUT2D eigenvalue weighted by atomic mass is 10.1. The molecule has 0 fully saturated rings. The summed E-state index contributed by atoms with van der Waals surface area (Å²) in [5.41, 5.74) is 7.15. The van der Waals surface area contributed by atoms with Gasteiger partial charge in [0, 0.05) is 12.6 Å². The third-order valence-electron chi connectivity index (χ3n) is 2.83. The maximum atomic E-state index is 12.8. The van der Waals surface area contributed by atoms with Gasteiger partial charge in [0.25, 0.3) is 0 Å². The van der Waals surface area contributed by atoms with E-state index in [9.17, 15) is 4.39 Å². The normalized spacial score (nSPS) is 13.0. The molecule has 1 atom stereocenters. The summed E-state index contributed by atoms with van der Waals surface area (Å²) in [6.07, 6.45) is 2.27. The molecule has 2 nitrogen and oxygen atoms in total. The van der Waals surface area contributed by atoms with Gasteiger partial charge in [-0.15, -0.1) is 0 Å². The Morgan fingerprint density at radius 2 is 1.65 bits per heavy atom.